The van der Waals surface area contributed by atoms with Crippen molar-refractivity contribution in [1.82, 2.24) is 0 Å². The summed E-state index contributed by atoms with van der Waals surface area (Å²) in [5.74, 6) is -1.13. The molecule has 0 bridgehead atoms. The molecule has 0 radical (unpaired) electrons. The van der Waals surface area contributed by atoms with Crippen molar-refractivity contribution in [3.63, 3.8) is 0 Å². The Labute approximate surface area is 105 Å². The molecule has 0 aromatic heterocycles. The van der Waals surface area contributed by atoms with Crippen LogP contribution in [0.2, 0.25) is 0 Å². The first kappa shape index (κ1) is 13.8. The monoisotopic (exact) mass is 246 g/mol. The standard InChI is InChI=1S/C13H14N2O3/c1-3-9-18-13(17)12(10(2)16)15-14-11-7-5-4-6-8-11/h3-8,12H,1,9H2,2H3. The topological polar surface area (TPSA) is 68.1 Å². The number of esters is 1. The number of hydrogen-bond donors (Lipinski definition) is 0. The first-order chi connectivity index (χ1) is 8.65. The first-order valence-corrected chi connectivity index (χ1v) is 5.39. The van der Waals surface area contributed by atoms with Crippen LogP contribution in [0.1, 0.15) is 6.92 Å². The van der Waals surface area contributed by atoms with Crippen LogP contribution >= 0.6 is 0 Å². The van der Waals surface area contributed by atoms with Crippen LogP contribution in [0.5, 0.6) is 0 Å². The SMILES string of the molecule is C=CCOC(=O)C(N=Nc1ccccc1)C(C)=O. The maximum absolute atomic E-state index is 11.5. The van der Waals surface area contributed by atoms with E-state index in [9.17, 15) is 9.59 Å². The molecule has 0 amide bonds. The number of Topliss-reactive ketones (excluding diaryl/α,β-unsaturated/α-hetero) is 1. The zero-order valence-electron chi connectivity index (χ0n) is 10.1. The molecule has 5 nitrogen and oxygen atoms in total. The van der Waals surface area contributed by atoms with Crippen molar-refractivity contribution in [3.8, 4) is 0 Å². The van der Waals surface area contributed by atoms with Crippen LogP contribution in [0, 0.1) is 0 Å². The zero-order chi connectivity index (χ0) is 13.4. The van der Waals surface area contributed by atoms with E-state index in [1.54, 1.807) is 24.3 Å². The predicted molar refractivity (Wildman–Crippen MR) is 66.6 cm³/mol. The van der Waals surface area contributed by atoms with Gasteiger partial charge in [-0.25, -0.2) is 4.79 Å². The van der Waals surface area contributed by atoms with Crippen LogP contribution < -0.4 is 0 Å². The van der Waals surface area contributed by atoms with Gasteiger partial charge in [0, 0.05) is 0 Å². The summed E-state index contributed by atoms with van der Waals surface area (Å²) in [6.07, 6.45) is 1.42. The van der Waals surface area contributed by atoms with Gasteiger partial charge in [-0.15, -0.1) is 0 Å². The van der Waals surface area contributed by atoms with Crippen molar-refractivity contribution in [1.29, 1.82) is 0 Å². The van der Waals surface area contributed by atoms with Gasteiger partial charge in [0.15, 0.2) is 5.78 Å². The molecule has 1 aromatic carbocycles. The lowest BCUT2D eigenvalue weighted by Gasteiger charge is -2.06. The molecule has 94 valence electrons. The highest BCUT2D eigenvalue weighted by Crippen LogP contribution is 2.12. The second-order valence-electron chi connectivity index (χ2n) is 3.48. The van der Waals surface area contributed by atoms with Gasteiger partial charge in [0.25, 0.3) is 0 Å². The lowest BCUT2D eigenvalue weighted by atomic mass is 10.2. The molecule has 1 atom stereocenters. The van der Waals surface area contributed by atoms with Gasteiger partial charge < -0.3 is 4.74 Å². The number of carbonyl (C=O) groups is 2. The van der Waals surface area contributed by atoms with Gasteiger partial charge in [0.05, 0.1) is 5.69 Å². The molecule has 0 aliphatic heterocycles. The van der Waals surface area contributed by atoms with Gasteiger partial charge >= 0.3 is 5.97 Å². The Morgan fingerprint density at radius 1 is 1.39 bits per heavy atom. The molecule has 1 rings (SSSR count). The first-order valence-electron chi connectivity index (χ1n) is 5.39. The molecule has 0 aliphatic carbocycles. The second-order valence-corrected chi connectivity index (χ2v) is 3.48. The van der Waals surface area contributed by atoms with Crippen molar-refractivity contribution >= 4 is 17.4 Å². The summed E-state index contributed by atoms with van der Waals surface area (Å²) in [6.45, 7) is 4.73. The van der Waals surface area contributed by atoms with E-state index in [1.807, 2.05) is 6.07 Å². The molecule has 1 aromatic rings. The third-order valence-corrected chi connectivity index (χ3v) is 2.00. The quantitative estimate of drug-likeness (QED) is 0.335. The number of hydrogen-bond acceptors (Lipinski definition) is 5. The van der Waals surface area contributed by atoms with Crippen LogP contribution in [0.25, 0.3) is 0 Å². The fourth-order valence-electron chi connectivity index (χ4n) is 1.13. The van der Waals surface area contributed by atoms with E-state index in [-0.39, 0.29) is 6.61 Å². The minimum atomic E-state index is -1.22. The number of carbonyl (C=O) groups excluding carboxylic acids is 2. The molecule has 1 unspecified atom stereocenters. The molecule has 0 saturated carbocycles. The van der Waals surface area contributed by atoms with Crippen LogP contribution in [0.4, 0.5) is 5.69 Å². The minimum Gasteiger partial charge on any atom is -0.459 e. The Morgan fingerprint density at radius 3 is 2.61 bits per heavy atom. The summed E-state index contributed by atoms with van der Waals surface area (Å²) in [4.78, 5) is 22.8. The van der Waals surface area contributed by atoms with Gasteiger partial charge in [-0.2, -0.15) is 10.2 Å². The molecule has 0 N–H and O–H groups in total. The third kappa shape index (κ3) is 4.29. The number of nitrogens with zero attached hydrogens (tertiary/aromatic N) is 2. The Kier molecular flexibility index (Phi) is 5.44. The highest BCUT2D eigenvalue weighted by atomic mass is 16.5. The normalized spacial score (nSPS) is 12.1. The maximum atomic E-state index is 11.5. The van der Waals surface area contributed by atoms with Crippen LogP contribution in [0.3, 0.4) is 0 Å². The second kappa shape index (κ2) is 7.11. The van der Waals surface area contributed by atoms with E-state index in [1.165, 1.54) is 13.0 Å². The molecule has 5 heteroatoms. The Bertz CT molecular complexity index is 455. The summed E-state index contributed by atoms with van der Waals surface area (Å²) >= 11 is 0. The van der Waals surface area contributed by atoms with Crippen molar-refractivity contribution in [2.45, 2.75) is 13.0 Å². The molecule has 0 heterocycles. The van der Waals surface area contributed by atoms with E-state index in [0.717, 1.165) is 0 Å². The summed E-state index contributed by atoms with van der Waals surface area (Å²) in [5, 5.41) is 7.55. The van der Waals surface area contributed by atoms with Gasteiger partial charge in [-0.1, -0.05) is 30.9 Å². The Morgan fingerprint density at radius 2 is 2.06 bits per heavy atom. The largest absolute Gasteiger partial charge is 0.459 e. The average Bonchev–Trinajstić information content (AvgIpc) is 2.37. The zero-order valence-corrected chi connectivity index (χ0v) is 10.1. The van der Waals surface area contributed by atoms with Gasteiger partial charge in [0.2, 0.25) is 6.04 Å². The van der Waals surface area contributed by atoms with Gasteiger partial charge in [-0.05, 0) is 19.1 Å². The summed E-state index contributed by atoms with van der Waals surface area (Å²) in [6, 6.07) is 7.62. The van der Waals surface area contributed by atoms with E-state index in [4.69, 9.17) is 4.74 Å². The maximum Gasteiger partial charge on any atom is 0.340 e. The number of benzene rings is 1. The van der Waals surface area contributed by atoms with Crippen molar-refractivity contribution in [2.24, 2.45) is 10.2 Å². The number of rotatable bonds is 6. The van der Waals surface area contributed by atoms with Crippen LogP contribution in [-0.4, -0.2) is 24.4 Å². The highest BCUT2D eigenvalue weighted by Gasteiger charge is 2.24. The Hall–Kier alpha value is -2.30. The van der Waals surface area contributed by atoms with Crippen molar-refractivity contribution in [2.75, 3.05) is 6.61 Å². The molecule has 0 saturated heterocycles. The molecule has 0 aliphatic rings. The van der Waals surface area contributed by atoms with Crippen LogP contribution in [0.15, 0.2) is 53.2 Å². The average molecular weight is 246 g/mol. The fourth-order valence-corrected chi connectivity index (χ4v) is 1.13. The third-order valence-electron chi connectivity index (χ3n) is 2.00. The van der Waals surface area contributed by atoms with Crippen molar-refractivity contribution < 1.29 is 14.3 Å². The molecule has 0 spiro atoms. The molecule has 0 fully saturated rings. The predicted octanol–water partition coefficient (Wildman–Crippen LogP) is 2.46. The molecular weight excluding hydrogens is 232 g/mol. The molecular formula is C13H14N2O3. The Balaban J connectivity index is 2.74. The lowest BCUT2D eigenvalue weighted by Crippen LogP contribution is -2.28. The molecule has 18 heavy (non-hydrogen) atoms. The fraction of sp³-hybridized carbons (Fsp3) is 0.231. The van der Waals surface area contributed by atoms with E-state index < -0.39 is 17.8 Å². The minimum absolute atomic E-state index is 0.0451. The van der Waals surface area contributed by atoms with E-state index >= 15 is 0 Å². The number of ether oxygens (including phenoxy) is 1. The highest BCUT2D eigenvalue weighted by molar-refractivity contribution is 6.02. The van der Waals surface area contributed by atoms with Crippen molar-refractivity contribution in [3.05, 3.63) is 43.0 Å². The van der Waals surface area contributed by atoms with Crippen LogP contribution in [-0.2, 0) is 14.3 Å². The lowest BCUT2D eigenvalue weighted by molar-refractivity contribution is -0.146. The van der Waals surface area contributed by atoms with Gasteiger partial charge in [0.1, 0.15) is 6.61 Å². The number of ketones is 1. The van der Waals surface area contributed by atoms with E-state index in [0.29, 0.717) is 5.69 Å². The summed E-state index contributed by atoms with van der Waals surface area (Å²) < 4.78 is 4.77. The summed E-state index contributed by atoms with van der Waals surface area (Å²) in [7, 11) is 0. The van der Waals surface area contributed by atoms with E-state index in [2.05, 4.69) is 16.8 Å². The van der Waals surface area contributed by atoms with Gasteiger partial charge in [-0.3, -0.25) is 4.79 Å². The summed E-state index contributed by atoms with van der Waals surface area (Å²) in [5.41, 5.74) is 0.570. The number of azo groups is 1. The smallest absolute Gasteiger partial charge is 0.340 e.